The number of hydrogen-bond donors (Lipinski definition) is 0. The molecule has 2 aromatic heterocycles. The number of benzene rings is 2. The molecule has 0 amide bonds. The first-order valence-corrected chi connectivity index (χ1v) is 7.81. The number of hydrogen-bond acceptors (Lipinski definition) is 3. The lowest BCUT2D eigenvalue weighted by Gasteiger charge is -2.40. The van der Waals surface area contributed by atoms with Crippen LogP contribution in [0.25, 0.3) is 10.8 Å². The van der Waals surface area contributed by atoms with E-state index in [1.165, 1.54) is 22.3 Å². The molecule has 108 valence electrons. The van der Waals surface area contributed by atoms with Crippen molar-refractivity contribution in [1.82, 2.24) is 9.97 Å². The van der Waals surface area contributed by atoms with Gasteiger partial charge in [-0.1, -0.05) is 24.3 Å². The Hall–Kier alpha value is -2.94. The van der Waals surface area contributed by atoms with Gasteiger partial charge in [0.2, 0.25) is 0 Å². The molecule has 2 atom stereocenters. The maximum Gasteiger partial charge on any atom is 0.0981 e. The van der Waals surface area contributed by atoms with Gasteiger partial charge in [-0.2, -0.15) is 0 Å². The molecule has 3 heteroatoms. The van der Waals surface area contributed by atoms with Crippen LogP contribution in [0, 0.1) is 0 Å². The van der Waals surface area contributed by atoms with Crippen molar-refractivity contribution in [1.29, 1.82) is 0 Å². The Bertz CT molecular complexity index is 964. The topological polar surface area (TPSA) is 38.9 Å². The summed E-state index contributed by atoms with van der Waals surface area (Å²) >= 11 is 0. The third kappa shape index (κ3) is 1.31. The van der Waals surface area contributed by atoms with Crippen molar-refractivity contribution in [2.75, 3.05) is 0 Å². The molecular weight excluding hydrogens is 284 g/mol. The lowest BCUT2D eigenvalue weighted by Crippen LogP contribution is -2.29. The zero-order valence-electron chi connectivity index (χ0n) is 12.2. The molecule has 2 heterocycles. The molecule has 0 saturated heterocycles. The van der Waals surface area contributed by atoms with Gasteiger partial charge < -0.3 is 4.42 Å². The maximum atomic E-state index is 5.40. The molecule has 2 aromatic carbocycles. The van der Waals surface area contributed by atoms with Crippen molar-refractivity contribution in [2.24, 2.45) is 0 Å². The highest BCUT2D eigenvalue weighted by Gasteiger charge is 2.43. The first-order chi connectivity index (χ1) is 11.4. The standard InChI is InChI=1S/C20H12N2O/c1-2-4-14-13(3-1)17-15-7-11-9-23-10-12(11)8-16(15)18(14)20-19(17)21-5-6-22-20/h1-10,17-18H. The van der Waals surface area contributed by atoms with Gasteiger partial charge in [-0.3, -0.25) is 9.97 Å². The Morgan fingerprint density at radius 2 is 1.22 bits per heavy atom. The van der Waals surface area contributed by atoms with Crippen LogP contribution >= 0.6 is 0 Å². The van der Waals surface area contributed by atoms with Crippen LogP contribution in [0.15, 0.2) is 65.7 Å². The highest BCUT2D eigenvalue weighted by Crippen LogP contribution is 2.54. The number of furan rings is 1. The second-order valence-electron chi connectivity index (χ2n) is 6.30. The molecule has 4 aromatic rings. The van der Waals surface area contributed by atoms with Crippen LogP contribution in [-0.4, -0.2) is 9.97 Å². The van der Waals surface area contributed by atoms with Gasteiger partial charge in [-0.05, 0) is 34.4 Å². The van der Waals surface area contributed by atoms with Crippen molar-refractivity contribution in [3.05, 3.63) is 95.0 Å². The van der Waals surface area contributed by atoms with Gasteiger partial charge in [-0.25, -0.2) is 0 Å². The summed E-state index contributed by atoms with van der Waals surface area (Å²) in [7, 11) is 0. The summed E-state index contributed by atoms with van der Waals surface area (Å²) in [6.07, 6.45) is 7.25. The quantitative estimate of drug-likeness (QED) is 0.421. The monoisotopic (exact) mass is 296 g/mol. The Morgan fingerprint density at radius 1 is 0.696 bits per heavy atom. The molecule has 0 radical (unpaired) electrons. The van der Waals surface area contributed by atoms with Crippen LogP contribution in [0.2, 0.25) is 0 Å². The SMILES string of the molecule is c1ccc2c(c1)C1c3cc4cocc4cc3C2c2nccnc21. The maximum absolute atomic E-state index is 5.40. The molecule has 3 aliphatic rings. The summed E-state index contributed by atoms with van der Waals surface area (Å²) < 4.78 is 5.40. The van der Waals surface area contributed by atoms with E-state index in [9.17, 15) is 0 Å². The molecule has 0 fully saturated rings. The van der Waals surface area contributed by atoms with E-state index in [1.807, 2.05) is 12.5 Å². The van der Waals surface area contributed by atoms with Gasteiger partial charge >= 0.3 is 0 Å². The van der Waals surface area contributed by atoms with E-state index in [-0.39, 0.29) is 11.8 Å². The van der Waals surface area contributed by atoms with Crippen LogP contribution in [0.4, 0.5) is 0 Å². The normalized spacial score (nSPS) is 20.2. The van der Waals surface area contributed by atoms with Crippen molar-refractivity contribution in [3.63, 3.8) is 0 Å². The third-order valence-corrected chi connectivity index (χ3v) is 5.22. The van der Waals surface area contributed by atoms with E-state index in [4.69, 9.17) is 4.42 Å². The number of rotatable bonds is 0. The number of fused-ring (bicyclic) bond motifs is 1. The Morgan fingerprint density at radius 3 is 1.74 bits per heavy atom. The van der Waals surface area contributed by atoms with E-state index in [0.717, 1.165) is 22.2 Å². The summed E-state index contributed by atoms with van der Waals surface area (Å²) in [6.45, 7) is 0. The molecule has 0 spiro atoms. The van der Waals surface area contributed by atoms with Gasteiger partial charge in [0.25, 0.3) is 0 Å². The second kappa shape index (κ2) is 3.87. The average molecular weight is 296 g/mol. The molecule has 0 N–H and O–H groups in total. The predicted molar refractivity (Wildman–Crippen MR) is 86.6 cm³/mol. The fraction of sp³-hybridized carbons (Fsp3) is 0.100. The van der Waals surface area contributed by atoms with E-state index in [2.05, 4.69) is 46.4 Å². The lowest BCUT2D eigenvalue weighted by atomic mass is 9.64. The fourth-order valence-corrected chi connectivity index (χ4v) is 4.32. The van der Waals surface area contributed by atoms with Crippen molar-refractivity contribution < 1.29 is 4.42 Å². The molecule has 2 bridgehead atoms. The van der Waals surface area contributed by atoms with Gasteiger partial charge in [0.15, 0.2) is 0 Å². The number of aromatic nitrogens is 2. The second-order valence-corrected chi connectivity index (χ2v) is 6.30. The molecule has 23 heavy (non-hydrogen) atoms. The molecule has 7 rings (SSSR count). The fourth-order valence-electron chi connectivity index (χ4n) is 4.32. The minimum Gasteiger partial charge on any atom is -0.471 e. The van der Waals surface area contributed by atoms with Crippen LogP contribution in [0.5, 0.6) is 0 Å². The third-order valence-electron chi connectivity index (χ3n) is 5.22. The zero-order valence-corrected chi connectivity index (χ0v) is 12.2. The Balaban J connectivity index is 1.78. The van der Waals surface area contributed by atoms with Crippen molar-refractivity contribution in [2.45, 2.75) is 11.8 Å². The molecule has 0 saturated carbocycles. The predicted octanol–water partition coefficient (Wildman–Crippen LogP) is 4.21. The first-order valence-electron chi connectivity index (χ1n) is 7.81. The van der Waals surface area contributed by atoms with Crippen molar-refractivity contribution in [3.8, 4) is 0 Å². The van der Waals surface area contributed by atoms with Crippen molar-refractivity contribution >= 4 is 10.8 Å². The highest BCUT2D eigenvalue weighted by molar-refractivity contribution is 5.85. The summed E-state index contributed by atoms with van der Waals surface area (Å²) in [5, 5.41) is 2.30. The zero-order chi connectivity index (χ0) is 15.0. The van der Waals surface area contributed by atoms with E-state index in [0.29, 0.717) is 0 Å². The van der Waals surface area contributed by atoms with Crippen LogP contribution in [0.1, 0.15) is 45.5 Å². The molecule has 2 unspecified atom stereocenters. The summed E-state index contributed by atoms with van der Waals surface area (Å²) in [5.41, 5.74) is 7.62. The molecule has 3 aliphatic carbocycles. The summed E-state index contributed by atoms with van der Waals surface area (Å²) in [5.74, 6) is 0.350. The van der Waals surface area contributed by atoms with E-state index in [1.54, 1.807) is 12.4 Å². The smallest absolute Gasteiger partial charge is 0.0981 e. The average Bonchev–Trinajstić information content (AvgIpc) is 3.06. The van der Waals surface area contributed by atoms with Gasteiger partial charge in [0.1, 0.15) is 0 Å². The minimum absolute atomic E-state index is 0.175. The van der Waals surface area contributed by atoms with E-state index < -0.39 is 0 Å². The lowest BCUT2D eigenvalue weighted by molar-refractivity contribution is 0.572. The minimum atomic E-state index is 0.175. The van der Waals surface area contributed by atoms with Gasteiger partial charge in [0.05, 0.1) is 35.7 Å². The van der Waals surface area contributed by atoms with Gasteiger partial charge in [0, 0.05) is 23.2 Å². The molecular formula is C20H12N2O. The van der Waals surface area contributed by atoms with Crippen LogP contribution < -0.4 is 0 Å². The summed E-state index contributed by atoms with van der Waals surface area (Å²) in [4.78, 5) is 9.36. The van der Waals surface area contributed by atoms with Crippen LogP contribution in [-0.2, 0) is 0 Å². The van der Waals surface area contributed by atoms with E-state index >= 15 is 0 Å². The van der Waals surface area contributed by atoms with Crippen LogP contribution in [0.3, 0.4) is 0 Å². The highest BCUT2D eigenvalue weighted by atomic mass is 16.3. The number of nitrogens with zero attached hydrogens (tertiary/aromatic N) is 2. The molecule has 3 nitrogen and oxygen atoms in total. The largest absolute Gasteiger partial charge is 0.471 e. The van der Waals surface area contributed by atoms with Gasteiger partial charge in [-0.15, -0.1) is 0 Å². The molecule has 0 aliphatic heterocycles. The Kier molecular flexibility index (Phi) is 1.95. The Labute approximate surface area is 132 Å². The first kappa shape index (κ1) is 11.6. The summed E-state index contributed by atoms with van der Waals surface area (Å²) in [6, 6.07) is 13.2.